The van der Waals surface area contributed by atoms with E-state index in [2.05, 4.69) is 10.6 Å². The second-order valence-corrected chi connectivity index (χ2v) is 5.09. The van der Waals surface area contributed by atoms with Gasteiger partial charge in [0.1, 0.15) is 0 Å². The lowest BCUT2D eigenvalue weighted by atomic mass is 10.1. The highest BCUT2D eigenvalue weighted by atomic mass is 16.5. The van der Waals surface area contributed by atoms with Gasteiger partial charge in [0.15, 0.2) is 11.5 Å². The molecule has 0 atom stereocenters. The molecule has 130 valence electrons. The number of carbonyl (C=O) groups is 2. The van der Waals surface area contributed by atoms with Crippen LogP contribution in [0.2, 0.25) is 0 Å². The fourth-order valence-corrected chi connectivity index (χ4v) is 2.16. The van der Waals surface area contributed by atoms with Crippen molar-refractivity contribution in [3.05, 3.63) is 59.7 Å². The van der Waals surface area contributed by atoms with Crippen molar-refractivity contribution >= 4 is 23.6 Å². The summed E-state index contributed by atoms with van der Waals surface area (Å²) in [5.74, 6) is 0.767. The van der Waals surface area contributed by atoms with Gasteiger partial charge in [-0.3, -0.25) is 9.59 Å². The van der Waals surface area contributed by atoms with Crippen molar-refractivity contribution in [1.29, 1.82) is 0 Å². The van der Waals surface area contributed by atoms with Crippen molar-refractivity contribution in [3.8, 4) is 11.5 Å². The molecular formula is C19H20N2O4. The lowest BCUT2D eigenvalue weighted by Gasteiger charge is -2.07. The van der Waals surface area contributed by atoms with E-state index in [-0.39, 0.29) is 11.8 Å². The Bertz CT molecular complexity index is 783. The summed E-state index contributed by atoms with van der Waals surface area (Å²) in [6.07, 6.45) is 3.10. The number of nitrogens with one attached hydrogen (secondary N) is 2. The van der Waals surface area contributed by atoms with Crippen molar-refractivity contribution in [2.24, 2.45) is 0 Å². The minimum Gasteiger partial charge on any atom is -0.493 e. The fraction of sp³-hybridized carbons (Fsp3) is 0.158. The minimum atomic E-state index is -0.275. The second kappa shape index (κ2) is 8.54. The Kier molecular flexibility index (Phi) is 6.17. The van der Waals surface area contributed by atoms with Crippen LogP contribution in [0.3, 0.4) is 0 Å². The van der Waals surface area contributed by atoms with E-state index in [9.17, 15) is 9.59 Å². The summed E-state index contributed by atoms with van der Waals surface area (Å²) < 4.78 is 10.4. The van der Waals surface area contributed by atoms with E-state index in [1.54, 1.807) is 63.7 Å². The first-order valence-electron chi connectivity index (χ1n) is 7.60. The smallest absolute Gasteiger partial charge is 0.251 e. The van der Waals surface area contributed by atoms with Gasteiger partial charge in [-0.1, -0.05) is 6.07 Å². The molecule has 0 unspecified atom stereocenters. The lowest BCUT2D eigenvalue weighted by molar-refractivity contribution is -0.111. The third kappa shape index (κ3) is 4.84. The van der Waals surface area contributed by atoms with Gasteiger partial charge in [-0.15, -0.1) is 0 Å². The van der Waals surface area contributed by atoms with Crippen LogP contribution in [-0.4, -0.2) is 33.1 Å². The summed E-state index contributed by atoms with van der Waals surface area (Å²) in [6.45, 7) is 0. The number of benzene rings is 2. The zero-order chi connectivity index (χ0) is 18.2. The van der Waals surface area contributed by atoms with Gasteiger partial charge >= 0.3 is 0 Å². The Morgan fingerprint density at radius 3 is 2.24 bits per heavy atom. The molecule has 0 saturated carbocycles. The molecule has 25 heavy (non-hydrogen) atoms. The maximum Gasteiger partial charge on any atom is 0.251 e. The average Bonchev–Trinajstić information content (AvgIpc) is 2.66. The Morgan fingerprint density at radius 1 is 0.960 bits per heavy atom. The van der Waals surface area contributed by atoms with Crippen molar-refractivity contribution in [3.63, 3.8) is 0 Å². The van der Waals surface area contributed by atoms with Crippen molar-refractivity contribution in [1.82, 2.24) is 5.32 Å². The topological polar surface area (TPSA) is 76.7 Å². The van der Waals surface area contributed by atoms with Gasteiger partial charge in [-0.05, 0) is 48.0 Å². The standard InChI is InChI=1S/C19H20N2O4/c1-20-19(23)14-6-8-15(9-7-14)21-18(22)11-5-13-4-10-16(24-2)17(12-13)25-3/h4-12H,1-3H3,(H,20,23)(H,21,22)/b11-5+. The van der Waals surface area contributed by atoms with Crippen LogP contribution < -0.4 is 20.1 Å². The largest absolute Gasteiger partial charge is 0.493 e. The molecule has 2 N–H and O–H groups in total. The molecule has 0 aliphatic rings. The van der Waals surface area contributed by atoms with Gasteiger partial charge in [0.25, 0.3) is 5.91 Å². The van der Waals surface area contributed by atoms with E-state index < -0.39 is 0 Å². The number of methoxy groups -OCH3 is 2. The van der Waals surface area contributed by atoms with Crippen LogP contribution in [0.4, 0.5) is 5.69 Å². The van der Waals surface area contributed by atoms with Gasteiger partial charge in [0.05, 0.1) is 14.2 Å². The molecule has 2 amide bonds. The Balaban J connectivity index is 2.02. The van der Waals surface area contributed by atoms with Crippen LogP contribution in [0.25, 0.3) is 6.08 Å². The number of hydrogen-bond acceptors (Lipinski definition) is 4. The number of hydrogen-bond donors (Lipinski definition) is 2. The molecule has 2 aromatic rings. The zero-order valence-electron chi connectivity index (χ0n) is 14.3. The summed E-state index contributed by atoms with van der Waals surface area (Å²) in [5, 5.41) is 5.27. The van der Waals surface area contributed by atoms with Gasteiger partial charge in [-0.25, -0.2) is 0 Å². The molecule has 0 radical (unpaired) electrons. The maximum absolute atomic E-state index is 12.0. The van der Waals surface area contributed by atoms with Gasteiger partial charge in [-0.2, -0.15) is 0 Å². The zero-order valence-corrected chi connectivity index (χ0v) is 14.3. The van der Waals surface area contributed by atoms with Crippen LogP contribution in [0.1, 0.15) is 15.9 Å². The Labute approximate surface area is 146 Å². The highest BCUT2D eigenvalue weighted by Crippen LogP contribution is 2.27. The van der Waals surface area contributed by atoms with E-state index in [0.29, 0.717) is 22.7 Å². The van der Waals surface area contributed by atoms with Crippen LogP contribution in [0.15, 0.2) is 48.5 Å². The van der Waals surface area contributed by atoms with Gasteiger partial charge in [0.2, 0.25) is 5.91 Å². The molecule has 6 heteroatoms. The summed E-state index contributed by atoms with van der Waals surface area (Å²) in [7, 11) is 4.69. The molecule has 0 heterocycles. The Morgan fingerprint density at radius 2 is 1.64 bits per heavy atom. The molecule has 0 bridgehead atoms. The van der Waals surface area contributed by atoms with Crippen LogP contribution >= 0.6 is 0 Å². The van der Waals surface area contributed by atoms with Crippen molar-refractivity contribution in [2.75, 3.05) is 26.6 Å². The fourth-order valence-electron chi connectivity index (χ4n) is 2.16. The molecule has 2 rings (SSSR count). The molecule has 0 saturated heterocycles. The summed E-state index contributed by atoms with van der Waals surface area (Å²) in [4.78, 5) is 23.5. The molecule has 6 nitrogen and oxygen atoms in total. The molecule has 0 spiro atoms. The van der Waals surface area contributed by atoms with Crippen LogP contribution in [-0.2, 0) is 4.79 Å². The summed E-state index contributed by atoms with van der Waals surface area (Å²) in [5.41, 5.74) is 1.94. The second-order valence-electron chi connectivity index (χ2n) is 5.09. The third-order valence-corrected chi connectivity index (χ3v) is 3.48. The Hall–Kier alpha value is -3.28. The molecule has 0 aliphatic carbocycles. The maximum atomic E-state index is 12.0. The quantitative estimate of drug-likeness (QED) is 0.793. The summed E-state index contributed by atoms with van der Waals surface area (Å²) >= 11 is 0. The molecule has 0 aliphatic heterocycles. The van der Waals surface area contributed by atoms with Crippen molar-refractivity contribution in [2.45, 2.75) is 0 Å². The third-order valence-electron chi connectivity index (χ3n) is 3.48. The highest BCUT2D eigenvalue weighted by Gasteiger charge is 2.05. The van der Waals surface area contributed by atoms with E-state index >= 15 is 0 Å². The van der Waals surface area contributed by atoms with E-state index in [1.807, 2.05) is 6.07 Å². The monoisotopic (exact) mass is 340 g/mol. The molecular weight excluding hydrogens is 320 g/mol. The molecule has 2 aromatic carbocycles. The van der Waals surface area contributed by atoms with Crippen LogP contribution in [0.5, 0.6) is 11.5 Å². The predicted octanol–water partition coefficient (Wildman–Crippen LogP) is 2.72. The molecule has 0 aromatic heterocycles. The first-order chi connectivity index (χ1) is 12.1. The van der Waals surface area contributed by atoms with Crippen LogP contribution in [0, 0.1) is 0 Å². The van der Waals surface area contributed by atoms with E-state index in [0.717, 1.165) is 5.56 Å². The predicted molar refractivity (Wildman–Crippen MR) is 97.0 cm³/mol. The highest BCUT2D eigenvalue weighted by molar-refractivity contribution is 6.02. The lowest BCUT2D eigenvalue weighted by Crippen LogP contribution is -2.17. The molecule has 0 fully saturated rings. The number of ether oxygens (including phenoxy) is 2. The number of anilines is 1. The number of amides is 2. The first-order valence-corrected chi connectivity index (χ1v) is 7.60. The first kappa shape index (κ1) is 18.1. The summed E-state index contributed by atoms with van der Waals surface area (Å²) in [6, 6.07) is 12.0. The van der Waals surface area contributed by atoms with Crippen molar-refractivity contribution < 1.29 is 19.1 Å². The normalized spacial score (nSPS) is 10.4. The SMILES string of the molecule is CNC(=O)c1ccc(NC(=O)/C=C/c2ccc(OC)c(OC)c2)cc1. The van der Waals surface area contributed by atoms with Gasteiger partial charge < -0.3 is 20.1 Å². The minimum absolute atomic E-state index is 0.175. The van der Waals surface area contributed by atoms with Gasteiger partial charge in [0, 0.05) is 24.4 Å². The average molecular weight is 340 g/mol. The van der Waals surface area contributed by atoms with E-state index in [4.69, 9.17) is 9.47 Å². The number of rotatable bonds is 6. The van der Waals surface area contributed by atoms with E-state index in [1.165, 1.54) is 6.08 Å². The number of carbonyl (C=O) groups excluding carboxylic acids is 2.